The van der Waals surface area contributed by atoms with Crippen molar-refractivity contribution in [2.24, 2.45) is 0 Å². The second-order valence-corrected chi connectivity index (χ2v) is 9.19. The first-order valence-corrected chi connectivity index (χ1v) is 12.2. The second-order valence-electron chi connectivity index (χ2n) is 8.02. The van der Waals surface area contributed by atoms with Crippen LogP contribution in [0.1, 0.15) is 13.3 Å². The molecule has 0 spiro atoms. The van der Waals surface area contributed by atoms with Gasteiger partial charge in [0.05, 0.1) is 10.8 Å². The third-order valence-electron chi connectivity index (χ3n) is 5.73. The molecule has 3 heterocycles. The van der Waals surface area contributed by atoms with Crippen molar-refractivity contribution < 1.29 is 14.3 Å². The van der Waals surface area contributed by atoms with Crippen LogP contribution in [0.15, 0.2) is 78.0 Å². The Morgan fingerprint density at radius 3 is 2.69 bits per heavy atom. The Hall–Kier alpha value is -4.11. The highest BCUT2D eigenvalue weighted by Crippen LogP contribution is 2.35. The number of thioether (sulfide) groups is 1. The molecule has 1 N–H and O–H groups in total. The molecule has 2 aromatic heterocycles. The van der Waals surface area contributed by atoms with Crippen molar-refractivity contribution in [3.63, 3.8) is 0 Å². The molecule has 9 heteroatoms. The molecule has 35 heavy (non-hydrogen) atoms. The Bertz CT molecular complexity index is 1550. The standard InChI is InChI=1S/C26H21N5O3S/c1-2-22(25(32)27-17-12-13-20-21(14-17)34-15-33-20)35-26-28-19-11-7-6-10-18(19)24-29-23(30-31(24)26)16-8-4-3-5-9-16/h3-14,22H,2,15H2,1H3,(H,27,32)/t22-/m0/s1. The summed E-state index contributed by atoms with van der Waals surface area (Å²) in [5.74, 6) is 1.79. The molecule has 5 aromatic rings. The Labute approximate surface area is 205 Å². The average molecular weight is 484 g/mol. The Morgan fingerprint density at radius 1 is 1.03 bits per heavy atom. The highest BCUT2D eigenvalue weighted by Gasteiger charge is 2.23. The van der Waals surface area contributed by atoms with Crippen molar-refractivity contribution in [3.8, 4) is 22.9 Å². The summed E-state index contributed by atoms with van der Waals surface area (Å²) < 4.78 is 12.5. The van der Waals surface area contributed by atoms with Gasteiger partial charge in [0, 0.05) is 22.7 Å². The van der Waals surface area contributed by atoms with Crippen LogP contribution in [0.4, 0.5) is 5.69 Å². The van der Waals surface area contributed by atoms with E-state index in [1.165, 1.54) is 11.8 Å². The van der Waals surface area contributed by atoms with E-state index in [1.807, 2.05) is 61.5 Å². The SMILES string of the molecule is CC[C@H](Sc1nc2ccccc2c2nc(-c3ccccc3)nn12)C(=O)Nc1ccc2c(c1)OCO2. The Balaban J connectivity index is 1.35. The van der Waals surface area contributed by atoms with E-state index in [9.17, 15) is 4.79 Å². The van der Waals surface area contributed by atoms with Crippen LogP contribution in [0, 0.1) is 0 Å². The maximum Gasteiger partial charge on any atom is 0.237 e. The number of nitrogens with one attached hydrogen (secondary N) is 1. The summed E-state index contributed by atoms with van der Waals surface area (Å²) >= 11 is 1.38. The van der Waals surface area contributed by atoms with Gasteiger partial charge in [-0.2, -0.15) is 4.52 Å². The van der Waals surface area contributed by atoms with Crippen molar-refractivity contribution in [2.45, 2.75) is 23.8 Å². The zero-order valence-corrected chi connectivity index (χ0v) is 19.7. The van der Waals surface area contributed by atoms with Gasteiger partial charge in [0.25, 0.3) is 0 Å². The number of nitrogens with zero attached hydrogens (tertiary/aromatic N) is 4. The number of amides is 1. The number of carbonyl (C=O) groups excluding carboxylic acids is 1. The number of anilines is 1. The molecule has 8 nitrogen and oxygen atoms in total. The fourth-order valence-electron chi connectivity index (χ4n) is 3.96. The highest BCUT2D eigenvalue weighted by molar-refractivity contribution is 8.00. The predicted molar refractivity (Wildman–Crippen MR) is 135 cm³/mol. The summed E-state index contributed by atoms with van der Waals surface area (Å²) in [6.07, 6.45) is 0.608. The third-order valence-corrected chi connectivity index (χ3v) is 7.04. The number of hydrogen-bond acceptors (Lipinski definition) is 7. The van der Waals surface area contributed by atoms with Gasteiger partial charge < -0.3 is 14.8 Å². The number of hydrogen-bond donors (Lipinski definition) is 1. The molecule has 0 unspecified atom stereocenters. The number of carbonyl (C=O) groups is 1. The molecule has 0 bridgehead atoms. The van der Waals surface area contributed by atoms with Crippen LogP contribution in [0.2, 0.25) is 0 Å². The van der Waals surface area contributed by atoms with Crippen LogP contribution in [-0.4, -0.2) is 37.5 Å². The molecular weight excluding hydrogens is 462 g/mol. The van der Waals surface area contributed by atoms with Gasteiger partial charge >= 0.3 is 0 Å². The molecule has 0 fully saturated rings. The number of aromatic nitrogens is 4. The predicted octanol–water partition coefficient (Wildman–Crippen LogP) is 5.18. The van der Waals surface area contributed by atoms with Crippen LogP contribution in [0.25, 0.3) is 27.9 Å². The van der Waals surface area contributed by atoms with Gasteiger partial charge in [0.1, 0.15) is 0 Å². The van der Waals surface area contributed by atoms with Crippen LogP contribution < -0.4 is 14.8 Å². The normalized spacial score (nSPS) is 13.3. The van der Waals surface area contributed by atoms with Crippen molar-refractivity contribution in [2.75, 3.05) is 12.1 Å². The summed E-state index contributed by atoms with van der Waals surface area (Å²) in [7, 11) is 0. The van der Waals surface area contributed by atoms with Crippen molar-refractivity contribution in [1.29, 1.82) is 0 Å². The maximum absolute atomic E-state index is 13.2. The minimum absolute atomic E-state index is 0.122. The average Bonchev–Trinajstić information content (AvgIpc) is 3.55. The van der Waals surface area contributed by atoms with E-state index in [4.69, 9.17) is 24.5 Å². The minimum Gasteiger partial charge on any atom is -0.454 e. The first-order valence-electron chi connectivity index (χ1n) is 11.3. The van der Waals surface area contributed by atoms with Crippen molar-refractivity contribution >= 4 is 39.9 Å². The molecule has 3 aromatic carbocycles. The molecule has 0 aliphatic carbocycles. The summed E-state index contributed by atoms with van der Waals surface area (Å²) in [5, 5.41) is 8.89. The molecule has 1 aliphatic rings. The highest BCUT2D eigenvalue weighted by atomic mass is 32.2. The monoisotopic (exact) mass is 483 g/mol. The minimum atomic E-state index is -0.387. The number of para-hydroxylation sites is 1. The number of ether oxygens (including phenoxy) is 2. The van der Waals surface area contributed by atoms with Gasteiger partial charge in [-0.15, -0.1) is 5.10 Å². The quantitative estimate of drug-likeness (QED) is 0.263. The first kappa shape index (κ1) is 21.4. The van der Waals surface area contributed by atoms with E-state index in [-0.39, 0.29) is 18.0 Å². The van der Waals surface area contributed by atoms with Crippen LogP contribution >= 0.6 is 11.8 Å². The van der Waals surface area contributed by atoms with Crippen LogP contribution in [0.5, 0.6) is 11.5 Å². The van der Waals surface area contributed by atoms with Crippen LogP contribution in [0.3, 0.4) is 0 Å². The van der Waals surface area contributed by atoms with Crippen LogP contribution in [-0.2, 0) is 4.79 Å². The summed E-state index contributed by atoms with van der Waals surface area (Å²) in [4.78, 5) is 22.9. The number of rotatable bonds is 6. The van der Waals surface area contributed by atoms with Crippen molar-refractivity contribution in [3.05, 3.63) is 72.8 Å². The van der Waals surface area contributed by atoms with Gasteiger partial charge in [0.2, 0.25) is 12.7 Å². The topological polar surface area (TPSA) is 90.6 Å². The van der Waals surface area contributed by atoms with E-state index >= 15 is 0 Å². The molecule has 174 valence electrons. The lowest BCUT2D eigenvalue weighted by molar-refractivity contribution is -0.115. The lowest BCUT2D eigenvalue weighted by Gasteiger charge is -2.15. The van der Waals surface area contributed by atoms with Gasteiger partial charge in [-0.1, -0.05) is 61.2 Å². The molecule has 1 aliphatic heterocycles. The largest absolute Gasteiger partial charge is 0.454 e. The van der Waals surface area contributed by atoms with E-state index in [0.29, 0.717) is 40.2 Å². The van der Waals surface area contributed by atoms with E-state index in [0.717, 1.165) is 16.5 Å². The summed E-state index contributed by atoms with van der Waals surface area (Å²) in [6, 6.07) is 23.0. The van der Waals surface area contributed by atoms with E-state index in [1.54, 1.807) is 22.7 Å². The van der Waals surface area contributed by atoms with E-state index in [2.05, 4.69) is 5.32 Å². The molecule has 0 saturated heterocycles. The molecule has 1 atom stereocenters. The molecular formula is C26H21N5O3S. The third kappa shape index (κ3) is 4.04. The Kier molecular flexibility index (Phi) is 5.46. The molecule has 1 amide bonds. The van der Waals surface area contributed by atoms with Gasteiger partial charge in [0.15, 0.2) is 28.1 Å². The second kappa shape index (κ2) is 8.92. The van der Waals surface area contributed by atoms with Crippen molar-refractivity contribution in [1.82, 2.24) is 19.6 Å². The zero-order valence-electron chi connectivity index (χ0n) is 18.8. The van der Waals surface area contributed by atoms with Gasteiger partial charge in [-0.25, -0.2) is 9.97 Å². The summed E-state index contributed by atoms with van der Waals surface area (Å²) in [6.45, 7) is 2.17. The zero-order chi connectivity index (χ0) is 23.8. The maximum atomic E-state index is 13.2. The lowest BCUT2D eigenvalue weighted by Crippen LogP contribution is -2.25. The fourth-order valence-corrected chi connectivity index (χ4v) is 4.93. The number of benzene rings is 3. The molecule has 6 rings (SSSR count). The summed E-state index contributed by atoms with van der Waals surface area (Å²) in [5.41, 5.74) is 3.09. The van der Waals surface area contributed by atoms with E-state index < -0.39 is 0 Å². The lowest BCUT2D eigenvalue weighted by atomic mass is 10.2. The number of fused-ring (bicyclic) bond motifs is 4. The Morgan fingerprint density at radius 2 is 1.83 bits per heavy atom. The molecule has 0 saturated carbocycles. The molecule has 0 radical (unpaired) electrons. The smallest absolute Gasteiger partial charge is 0.237 e. The van der Waals surface area contributed by atoms with Gasteiger partial charge in [-0.05, 0) is 30.7 Å². The van der Waals surface area contributed by atoms with Gasteiger partial charge in [-0.3, -0.25) is 4.79 Å². The fraction of sp³-hybridized carbons (Fsp3) is 0.154. The first-order chi connectivity index (χ1) is 17.2.